The van der Waals surface area contributed by atoms with Crippen LogP contribution in [-0.4, -0.2) is 23.0 Å². The number of halogens is 1. The molecule has 1 aromatic carbocycles. The molecule has 0 unspecified atom stereocenters. The summed E-state index contributed by atoms with van der Waals surface area (Å²) in [4.78, 5) is 11.7. The van der Waals surface area contributed by atoms with Crippen molar-refractivity contribution in [3.05, 3.63) is 28.2 Å². The van der Waals surface area contributed by atoms with E-state index in [1.54, 1.807) is 11.8 Å². The summed E-state index contributed by atoms with van der Waals surface area (Å²) in [6, 6.07) is 5.76. The van der Waals surface area contributed by atoms with E-state index in [2.05, 4.69) is 21.2 Å². The van der Waals surface area contributed by atoms with E-state index in [1.807, 2.05) is 39.0 Å². The maximum atomic E-state index is 11.7. The smallest absolute Gasteiger partial charge is 0.234 e. The first-order valence-electron chi connectivity index (χ1n) is 5.70. The molecule has 3 N–H and O–H groups in total. The van der Waals surface area contributed by atoms with Gasteiger partial charge in [0, 0.05) is 21.5 Å². The van der Waals surface area contributed by atoms with Crippen LogP contribution in [0.1, 0.15) is 19.4 Å². The van der Waals surface area contributed by atoms with Crippen LogP contribution < -0.4 is 11.1 Å². The Morgan fingerprint density at radius 3 is 2.72 bits per heavy atom. The van der Waals surface area contributed by atoms with Crippen LogP contribution in [0.5, 0.6) is 0 Å². The number of nitrogens with two attached hydrogens (primary N) is 1. The van der Waals surface area contributed by atoms with Gasteiger partial charge < -0.3 is 11.1 Å². The van der Waals surface area contributed by atoms with Gasteiger partial charge in [-0.3, -0.25) is 4.79 Å². The highest BCUT2D eigenvalue weighted by Crippen LogP contribution is 2.20. The Morgan fingerprint density at radius 1 is 1.50 bits per heavy atom. The lowest BCUT2D eigenvalue weighted by atomic mass is 10.1. The standard InChI is InChI=1S/C13H19BrN2OS/c1-9-6-10(4-5-11(9)14)16-12(17)7-18-8-13(2,3)15/h4-6H,7-8,15H2,1-3H3,(H,16,17). The Bertz CT molecular complexity index is 429. The van der Waals surface area contributed by atoms with E-state index in [9.17, 15) is 4.79 Å². The summed E-state index contributed by atoms with van der Waals surface area (Å²) in [6.45, 7) is 5.90. The Kier molecular flexibility index (Phi) is 5.69. The number of anilines is 1. The first kappa shape index (κ1) is 15.5. The normalized spacial score (nSPS) is 11.4. The van der Waals surface area contributed by atoms with Crippen molar-refractivity contribution in [3.8, 4) is 0 Å². The minimum Gasteiger partial charge on any atom is -0.325 e. The first-order chi connectivity index (χ1) is 8.28. The molecule has 100 valence electrons. The van der Waals surface area contributed by atoms with Gasteiger partial charge in [0.15, 0.2) is 0 Å². The molecule has 0 heterocycles. The van der Waals surface area contributed by atoms with Crippen LogP contribution >= 0.6 is 27.7 Å². The summed E-state index contributed by atoms with van der Waals surface area (Å²) < 4.78 is 1.04. The van der Waals surface area contributed by atoms with Crippen molar-refractivity contribution < 1.29 is 4.79 Å². The second kappa shape index (κ2) is 6.59. The van der Waals surface area contributed by atoms with Crippen molar-refractivity contribution in [3.63, 3.8) is 0 Å². The van der Waals surface area contributed by atoms with Gasteiger partial charge in [-0.25, -0.2) is 0 Å². The molecule has 3 nitrogen and oxygen atoms in total. The molecule has 0 fully saturated rings. The fourth-order valence-electron chi connectivity index (χ4n) is 1.33. The van der Waals surface area contributed by atoms with Crippen LogP contribution in [0.25, 0.3) is 0 Å². The zero-order valence-corrected chi connectivity index (χ0v) is 13.3. The minimum atomic E-state index is -0.237. The molecule has 0 aliphatic rings. The number of nitrogens with one attached hydrogen (secondary N) is 1. The van der Waals surface area contributed by atoms with Crippen LogP contribution in [0.4, 0.5) is 5.69 Å². The van der Waals surface area contributed by atoms with E-state index in [-0.39, 0.29) is 11.4 Å². The van der Waals surface area contributed by atoms with Crippen molar-refractivity contribution in [1.82, 2.24) is 0 Å². The van der Waals surface area contributed by atoms with E-state index in [1.165, 1.54) is 0 Å². The molecule has 0 aliphatic heterocycles. The predicted molar refractivity (Wildman–Crippen MR) is 83.1 cm³/mol. The maximum absolute atomic E-state index is 11.7. The Balaban J connectivity index is 2.42. The summed E-state index contributed by atoms with van der Waals surface area (Å²) in [5.41, 5.74) is 7.54. The van der Waals surface area contributed by atoms with Crippen LogP contribution in [0.15, 0.2) is 22.7 Å². The molecule has 18 heavy (non-hydrogen) atoms. The molecule has 0 bridgehead atoms. The number of rotatable bonds is 5. The van der Waals surface area contributed by atoms with Crippen molar-refractivity contribution in [1.29, 1.82) is 0 Å². The van der Waals surface area contributed by atoms with Gasteiger partial charge in [-0.1, -0.05) is 15.9 Å². The maximum Gasteiger partial charge on any atom is 0.234 e. The van der Waals surface area contributed by atoms with Gasteiger partial charge in [0.1, 0.15) is 0 Å². The van der Waals surface area contributed by atoms with Gasteiger partial charge in [0.05, 0.1) is 5.75 Å². The monoisotopic (exact) mass is 330 g/mol. The van der Waals surface area contributed by atoms with E-state index in [4.69, 9.17) is 5.73 Å². The molecular formula is C13H19BrN2OS. The Morgan fingerprint density at radius 2 is 2.17 bits per heavy atom. The van der Waals surface area contributed by atoms with E-state index >= 15 is 0 Å². The summed E-state index contributed by atoms with van der Waals surface area (Å²) in [7, 11) is 0. The third kappa shape index (κ3) is 5.89. The number of thioether (sulfide) groups is 1. The van der Waals surface area contributed by atoms with Crippen molar-refractivity contribution in [2.75, 3.05) is 16.8 Å². The minimum absolute atomic E-state index is 0.00553. The lowest BCUT2D eigenvalue weighted by Gasteiger charge is -2.17. The van der Waals surface area contributed by atoms with Crippen LogP contribution in [0.3, 0.4) is 0 Å². The van der Waals surface area contributed by atoms with Crippen LogP contribution in [0, 0.1) is 6.92 Å². The van der Waals surface area contributed by atoms with E-state index < -0.39 is 0 Å². The Labute approximate surface area is 121 Å². The topological polar surface area (TPSA) is 55.1 Å². The molecule has 0 aliphatic carbocycles. The second-order valence-corrected chi connectivity index (χ2v) is 6.83. The zero-order chi connectivity index (χ0) is 13.8. The molecule has 0 radical (unpaired) electrons. The lowest BCUT2D eigenvalue weighted by molar-refractivity contribution is -0.113. The fourth-order valence-corrected chi connectivity index (χ4v) is 2.46. The third-order valence-electron chi connectivity index (χ3n) is 2.15. The lowest BCUT2D eigenvalue weighted by Crippen LogP contribution is -2.35. The van der Waals surface area contributed by atoms with Gasteiger partial charge in [-0.05, 0) is 44.5 Å². The molecule has 5 heteroatoms. The fraction of sp³-hybridized carbons (Fsp3) is 0.462. The average Bonchev–Trinajstić information content (AvgIpc) is 2.21. The van der Waals surface area contributed by atoms with Gasteiger partial charge >= 0.3 is 0 Å². The van der Waals surface area contributed by atoms with Gasteiger partial charge in [0.2, 0.25) is 5.91 Å². The molecular weight excluding hydrogens is 312 g/mol. The average molecular weight is 331 g/mol. The largest absolute Gasteiger partial charge is 0.325 e. The van der Waals surface area contributed by atoms with E-state index in [0.717, 1.165) is 21.5 Å². The number of benzene rings is 1. The molecule has 1 aromatic rings. The highest BCUT2D eigenvalue weighted by Gasteiger charge is 2.12. The molecule has 0 spiro atoms. The highest BCUT2D eigenvalue weighted by atomic mass is 79.9. The second-order valence-electron chi connectivity index (χ2n) is 4.99. The van der Waals surface area contributed by atoms with Gasteiger partial charge in [0.25, 0.3) is 0 Å². The Hall–Kier alpha value is -0.520. The molecule has 1 amide bonds. The summed E-state index contributed by atoms with van der Waals surface area (Å²) in [5, 5.41) is 2.87. The van der Waals surface area contributed by atoms with Crippen molar-refractivity contribution in [2.24, 2.45) is 5.73 Å². The highest BCUT2D eigenvalue weighted by molar-refractivity contribution is 9.10. The summed E-state index contributed by atoms with van der Waals surface area (Å²) in [6.07, 6.45) is 0. The number of aryl methyl sites for hydroxylation is 1. The molecule has 0 atom stereocenters. The molecule has 0 saturated heterocycles. The number of hydrogen-bond donors (Lipinski definition) is 2. The van der Waals surface area contributed by atoms with Gasteiger partial charge in [-0.15, -0.1) is 0 Å². The summed E-state index contributed by atoms with van der Waals surface area (Å²) in [5.74, 6) is 1.20. The third-order valence-corrected chi connectivity index (χ3v) is 4.45. The summed E-state index contributed by atoms with van der Waals surface area (Å²) >= 11 is 4.98. The SMILES string of the molecule is Cc1cc(NC(=O)CSCC(C)(C)N)ccc1Br. The van der Waals surface area contributed by atoms with Gasteiger partial charge in [-0.2, -0.15) is 11.8 Å². The van der Waals surface area contributed by atoms with E-state index in [0.29, 0.717) is 5.75 Å². The number of hydrogen-bond acceptors (Lipinski definition) is 3. The van der Waals surface area contributed by atoms with Crippen LogP contribution in [0.2, 0.25) is 0 Å². The first-order valence-corrected chi connectivity index (χ1v) is 7.65. The number of amides is 1. The zero-order valence-electron chi connectivity index (χ0n) is 10.9. The predicted octanol–water partition coefficient (Wildman–Crippen LogP) is 3.17. The number of carbonyl (C=O) groups excluding carboxylic acids is 1. The quantitative estimate of drug-likeness (QED) is 0.871. The molecule has 1 rings (SSSR count). The molecule has 0 aromatic heterocycles. The van der Waals surface area contributed by atoms with Crippen molar-refractivity contribution >= 4 is 39.3 Å². The van der Waals surface area contributed by atoms with Crippen molar-refractivity contribution in [2.45, 2.75) is 26.3 Å². The number of carbonyl (C=O) groups is 1. The van der Waals surface area contributed by atoms with Crippen LogP contribution in [-0.2, 0) is 4.79 Å². The molecule has 0 saturated carbocycles.